The molecule has 0 aliphatic carbocycles. The molecule has 4 atom stereocenters. The molecule has 0 radical (unpaired) electrons. The molecule has 2 aliphatic heterocycles. The molecule has 30 heavy (non-hydrogen) atoms. The number of ether oxygens (including phenoxy) is 1. The summed E-state index contributed by atoms with van der Waals surface area (Å²) in [5, 5.41) is 8.34. The number of fused-ring (bicyclic) bond motifs is 1. The zero-order valence-corrected chi connectivity index (χ0v) is 17.2. The number of carbonyl (C=O) groups is 2. The molecule has 3 heterocycles. The van der Waals surface area contributed by atoms with Crippen molar-refractivity contribution in [3.63, 3.8) is 0 Å². The topological polar surface area (TPSA) is 114 Å². The summed E-state index contributed by atoms with van der Waals surface area (Å²) >= 11 is 0. The lowest BCUT2D eigenvalue weighted by Gasteiger charge is -2.42. The van der Waals surface area contributed by atoms with Gasteiger partial charge in [0.15, 0.2) is 21.3 Å². The van der Waals surface area contributed by atoms with E-state index in [2.05, 4.69) is 4.98 Å². The smallest absolute Gasteiger partial charge is 0.330 e. The van der Waals surface area contributed by atoms with Gasteiger partial charge in [-0.1, -0.05) is 36.4 Å². The predicted molar refractivity (Wildman–Crippen MR) is 107 cm³/mol. The Morgan fingerprint density at radius 3 is 2.53 bits per heavy atom. The molecule has 2 aliphatic rings. The number of carbonyl (C=O) groups excluding carboxylic acids is 2. The van der Waals surface area contributed by atoms with Crippen LogP contribution in [0.2, 0.25) is 0 Å². The number of nitrogens with zero attached hydrogens (tertiary/aromatic N) is 2. The van der Waals surface area contributed by atoms with Gasteiger partial charge in [-0.25, -0.2) is 13.2 Å². The van der Waals surface area contributed by atoms with Crippen molar-refractivity contribution in [3.05, 3.63) is 66.0 Å². The van der Waals surface area contributed by atoms with E-state index in [1.165, 1.54) is 13.1 Å². The summed E-state index contributed by atoms with van der Waals surface area (Å²) in [7, 11) is -3.99. The van der Waals surface area contributed by atoms with E-state index in [0.717, 1.165) is 10.5 Å². The molecule has 2 fully saturated rings. The number of β-lactam (4-membered cyclic amide) rings is 1. The van der Waals surface area contributed by atoms with Gasteiger partial charge in [-0.3, -0.25) is 9.78 Å². The second-order valence-electron chi connectivity index (χ2n) is 7.70. The molecular formula is C21H22N2O6S. The summed E-state index contributed by atoms with van der Waals surface area (Å²) in [6, 6.07) is 12.6. The van der Waals surface area contributed by atoms with E-state index in [9.17, 15) is 23.1 Å². The minimum Gasteiger partial charge on any atom is -0.459 e. The fraction of sp³-hybridized carbons (Fsp3) is 0.381. The fourth-order valence-electron chi connectivity index (χ4n) is 4.32. The van der Waals surface area contributed by atoms with E-state index in [1.807, 2.05) is 6.07 Å². The maximum absolute atomic E-state index is 13.4. The number of benzene rings is 1. The maximum atomic E-state index is 13.4. The number of hydrogen-bond donors (Lipinski definition) is 1. The highest BCUT2D eigenvalue weighted by Gasteiger charge is 2.74. The van der Waals surface area contributed by atoms with Gasteiger partial charge < -0.3 is 14.7 Å². The van der Waals surface area contributed by atoms with Crippen molar-refractivity contribution < 1.29 is 27.9 Å². The van der Waals surface area contributed by atoms with Crippen molar-refractivity contribution >= 4 is 21.7 Å². The zero-order valence-electron chi connectivity index (χ0n) is 16.3. The van der Waals surface area contributed by atoms with Gasteiger partial charge in [-0.2, -0.15) is 0 Å². The van der Waals surface area contributed by atoms with Crippen LogP contribution < -0.4 is 0 Å². The molecule has 0 saturated carbocycles. The molecule has 0 bridgehead atoms. The third-order valence-corrected chi connectivity index (χ3v) is 8.83. The third kappa shape index (κ3) is 2.92. The van der Waals surface area contributed by atoms with Crippen LogP contribution in [0.3, 0.4) is 0 Å². The van der Waals surface area contributed by atoms with Crippen LogP contribution in [0.25, 0.3) is 0 Å². The Bertz CT molecular complexity index is 1060. The van der Waals surface area contributed by atoms with Crippen LogP contribution in [0, 0.1) is 0 Å². The van der Waals surface area contributed by atoms with Gasteiger partial charge in [0.1, 0.15) is 17.3 Å². The number of aromatic nitrogens is 1. The largest absolute Gasteiger partial charge is 0.459 e. The van der Waals surface area contributed by atoms with Gasteiger partial charge in [0.25, 0.3) is 0 Å². The van der Waals surface area contributed by atoms with E-state index < -0.39 is 50.4 Å². The van der Waals surface area contributed by atoms with Gasteiger partial charge in [0.2, 0.25) is 5.91 Å². The van der Waals surface area contributed by atoms with Crippen LogP contribution in [-0.2, 0) is 30.8 Å². The Hall–Kier alpha value is -2.78. The van der Waals surface area contributed by atoms with Crippen LogP contribution in [0.15, 0.2) is 54.7 Å². The molecule has 4 rings (SSSR count). The molecule has 0 spiro atoms. The number of sulfone groups is 1. The Morgan fingerprint density at radius 2 is 1.90 bits per heavy atom. The monoisotopic (exact) mass is 430 g/mol. The highest BCUT2D eigenvalue weighted by molar-refractivity contribution is 7.94. The van der Waals surface area contributed by atoms with Crippen molar-refractivity contribution in [1.82, 2.24) is 9.88 Å². The summed E-state index contributed by atoms with van der Waals surface area (Å²) in [5.74, 6) is -2.25. The van der Waals surface area contributed by atoms with E-state index in [1.54, 1.807) is 42.5 Å². The quantitative estimate of drug-likeness (QED) is 0.537. The first-order valence-electron chi connectivity index (χ1n) is 9.61. The second-order valence-corrected chi connectivity index (χ2v) is 10.2. The number of aliphatic hydroxyl groups excluding tert-OH is 1. The molecule has 2 aromatic rings. The second kappa shape index (κ2) is 7.48. The average Bonchev–Trinajstić information content (AvgIpc) is 2.89. The fourth-order valence-corrected chi connectivity index (χ4v) is 6.91. The van der Waals surface area contributed by atoms with Gasteiger partial charge in [-0.15, -0.1) is 0 Å². The van der Waals surface area contributed by atoms with Crippen LogP contribution in [0.1, 0.15) is 30.5 Å². The van der Waals surface area contributed by atoms with Crippen molar-refractivity contribution in [1.29, 1.82) is 0 Å². The molecule has 158 valence electrons. The lowest BCUT2D eigenvalue weighted by molar-refractivity contribution is -0.164. The van der Waals surface area contributed by atoms with Gasteiger partial charge in [-0.05, 0) is 31.0 Å². The van der Waals surface area contributed by atoms with Crippen LogP contribution in [0.4, 0.5) is 0 Å². The number of esters is 1. The van der Waals surface area contributed by atoms with Gasteiger partial charge >= 0.3 is 5.97 Å². The molecule has 1 N–H and O–H groups in total. The first-order chi connectivity index (χ1) is 14.3. The zero-order chi connectivity index (χ0) is 21.5. The van der Waals surface area contributed by atoms with E-state index in [-0.39, 0.29) is 13.0 Å². The molecule has 1 aromatic heterocycles. The number of hydrogen-bond acceptors (Lipinski definition) is 7. The summed E-state index contributed by atoms with van der Waals surface area (Å²) in [6.45, 7) is 0.914. The van der Waals surface area contributed by atoms with Crippen molar-refractivity contribution in [2.24, 2.45) is 0 Å². The number of amides is 1. The number of aliphatic hydroxyl groups is 1. The van der Waals surface area contributed by atoms with E-state index in [4.69, 9.17) is 4.74 Å². The minimum absolute atomic E-state index is 0.0399. The molecule has 1 aromatic carbocycles. The standard InChI is InChI=1S/C21H22N2O6S/c1-21(10-12-24)17(20(26)29-13-14-7-3-2-4-8-14)23-18(25)16(19(23)30(21,27)28)15-9-5-6-11-22-15/h2-9,11,16-17,19,24H,10,12-13H2,1H3/t16?,17-,19+,21?/m0/s1. The van der Waals surface area contributed by atoms with Crippen LogP contribution in [0.5, 0.6) is 0 Å². The van der Waals surface area contributed by atoms with Crippen molar-refractivity contribution in [3.8, 4) is 0 Å². The summed E-state index contributed by atoms with van der Waals surface area (Å²) in [4.78, 5) is 31.2. The molecule has 1 amide bonds. The number of rotatable bonds is 6. The Labute approximate surface area is 174 Å². The number of pyridine rings is 1. The Kier molecular flexibility index (Phi) is 5.11. The molecule has 2 unspecified atom stereocenters. The predicted octanol–water partition coefficient (Wildman–Crippen LogP) is 1.02. The first kappa shape index (κ1) is 20.5. The van der Waals surface area contributed by atoms with Crippen molar-refractivity contribution in [2.75, 3.05) is 6.61 Å². The van der Waals surface area contributed by atoms with Crippen LogP contribution >= 0.6 is 0 Å². The van der Waals surface area contributed by atoms with Gasteiger partial charge in [0, 0.05) is 12.8 Å². The highest BCUT2D eigenvalue weighted by Crippen LogP contribution is 2.53. The maximum Gasteiger partial charge on any atom is 0.330 e. The highest BCUT2D eigenvalue weighted by atomic mass is 32.2. The van der Waals surface area contributed by atoms with Crippen molar-refractivity contribution in [2.45, 2.75) is 42.0 Å². The molecule has 8 nitrogen and oxygen atoms in total. The summed E-state index contributed by atoms with van der Waals surface area (Å²) < 4.78 is 30.6. The normalized spacial score (nSPS) is 29.2. The lowest BCUT2D eigenvalue weighted by Crippen LogP contribution is -2.62. The van der Waals surface area contributed by atoms with E-state index in [0.29, 0.717) is 5.69 Å². The third-order valence-electron chi connectivity index (χ3n) is 5.97. The SMILES string of the molecule is CC1(CCO)[C@H](C(=O)OCc2ccccc2)N2C(=O)C(c3ccccn3)[C@H]2S1(=O)=O. The Balaban J connectivity index is 1.67. The summed E-state index contributed by atoms with van der Waals surface area (Å²) in [5.41, 5.74) is 1.09. The molecule has 9 heteroatoms. The lowest BCUT2D eigenvalue weighted by atomic mass is 9.87. The van der Waals surface area contributed by atoms with E-state index >= 15 is 0 Å². The summed E-state index contributed by atoms with van der Waals surface area (Å²) in [6.07, 6.45) is 1.31. The van der Waals surface area contributed by atoms with Gasteiger partial charge in [0.05, 0.1) is 5.69 Å². The minimum atomic E-state index is -3.99. The molecule has 2 saturated heterocycles. The first-order valence-corrected chi connectivity index (χ1v) is 11.2. The Morgan fingerprint density at radius 1 is 1.20 bits per heavy atom. The average molecular weight is 430 g/mol. The molecular weight excluding hydrogens is 408 g/mol. The van der Waals surface area contributed by atoms with Crippen LogP contribution in [-0.4, -0.2) is 58.1 Å².